The maximum atomic E-state index is 11.5. The number of carbonyl (C=O) groups is 1. The summed E-state index contributed by atoms with van der Waals surface area (Å²) >= 11 is 0. The SMILES string of the molecule is COC(OC)C(CN)NC(=O)OC(C)(C)C. The van der Waals surface area contributed by atoms with Gasteiger partial charge in [-0.1, -0.05) is 0 Å². The number of nitrogens with one attached hydrogen (secondary N) is 1. The van der Waals surface area contributed by atoms with Crippen LogP contribution in [0.15, 0.2) is 0 Å². The smallest absolute Gasteiger partial charge is 0.408 e. The Labute approximate surface area is 96.4 Å². The first-order valence-electron chi connectivity index (χ1n) is 5.09. The lowest BCUT2D eigenvalue weighted by Crippen LogP contribution is -2.50. The molecule has 0 aromatic rings. The molecule has 3 N–H and O–H groups in total. The average Bonchev–Trinajstić information content (AvgIpc) is 2.15. The summed E-state index contributed by atoms with van der Waals surface area (Å²) in [5.74, 6) is 0. The topological polar surface area (TPSA) is 82.8 Å². The Morgan fingerprint density at radius 2 is 1.81 bits per heavy atom. The zero-order valence-corrected chi connectivity index (χ0v) is 10.6. The summed E-state index contributed by atoms with van der Waals surface area (Å²) in [6, 6.07) is -0.440. The summed E-state index contributed by atoms with van der Waals surface area (Å²) in [5, 5.41) is 2.59. The summed E-state index contributed by atoms with van der Waals surface area (Å²) in [6.07, 6.45) is -1.13. The monoisotopic (exact) mass is 234 g/mol. The molecule has 0 aromatic heterocycles. The number of hydrogen-bond donors (Lipinski definition) is 2. The van der Waals surface area contributed by atoms with Crippen LogP contribution in [-0.4, -0.2) is 44.8 Å². The van der Waals surface area contributed by atoms with E-state index in [4.69, 9.17) is 19.9 Å². The highest BCUT2D eigenvalue weighted by molar-refractivity contribution is 5.68. The van der Waals surface area contributed by atoms with E-state index in [-0.39, 0.29) is 6.54 Å². The quantitative estimate of drug-likeness (QED) is 0.675. The number of carbonyl (C=O) groups excluding carboxylic acids is 1. The molecule has 0 aliphatic carbocycles. The van der Waals surface area contributed by atoms with Crippen molar-refractivity contribution in [2.24, 2.45) is 5.73 Å². The highest BCUT2D eigenvalue weighted by Gasteiger charge is 2.24. The highest BCUT2D eigenvalue weighted by Crippen LogP contribution is 2.07. The van der Waals surface area contributed by atoms with E-state index in [9.17, 15) is 4.79 Å². The van der Waals surface area contributed by atoms with Crippen molar-refractivity contribution in [3.05, 3.63) is 0 Å². The molecule has 16 heavy (non-hydrogen) atoms. The van der Waals surface area contributed by atoms with Crippen molar-refractivity contribution in [3.63, 3.8) is 0 Å². The second-order valence-electron chi connectivity index (χ2n) is 4.33. The largest absolute Gasteiger partial charge is 0.444 e. The second-order valence-corrected chi connectivity index (χ2v) is 4.33. The molecule has 96 valence electrons. The third kappa shape index (κ3) is 5.89. The number of hydrogen-bond acceptors (Lipinski definition) is 5. The van der Waals surface area contributed by atoms with Gasteiger partial charge in [0.15, 0.2) is 6.29 Å². The van der Waals surface area contributed by atoms with Gasteiger partial charge in [-0.3, -0.25) is 0 Å². The Kier molecular flexibility index (Phi) is 6.32. The molecule has 1 amide bonds. The lowest BCUT2D eigenvalue weighted by atomic mass is 10.2. The minimum atomic E-state index is -0.586. The third-order valence-electron chi connectivity index (χ3n) is 1.75. The Morgan fingerprint density at radius 3 is 2.12 bits per heavy atom. The molecular formula is C10H22N2O4. The fourth-order valence-electron chi connectivity index (χ4n) is 1.12. The molecule has 6 heteroatoms. The predicted octanol–water partition coefficient (Wildman–Crippen LogP) is 0.457. The Balaban J connectivity index is 4.26. The number of methoxy groups -OCH3 is 2. The standard InChI is InChI=1S/C10H22N2O4/c1-10(2,3)16-9(13)12-7(6-11)8(14-4)15-5/h7-8H,6,11H2,1-5H3,(H,12,13). The minimum Gasteiger partial charge on any atom is -0.444 e. The molecule has 6 nitrogen and oxygen atoms in total. The first kappa shape index (κ1) is 15.2. The van der Waals surface area contributed by atoms with Gasteiger partial charge in [-0.2, -0.15) is 0 Å². The molecular weight excluding hydrogens is 212 g/mol. The van der Waals surface area contributed by atoms with Crippen LogP contribution in [-0.2, 0) is 14.2 Å². The number of amides is 1. The highest BCUT2D eigenvalue weighted by atomic mass is 16.7. The normalized spacial score (nSPS) is 13.7. The number of ether oxygens (including phenoxy) is 3. The van der Waals surface area contributed by atoms with Gasteiger partial charge in [-0.05, 0) is 20.8 Å². The number of rotatable bonds is 5. The molecule has 0 aliphatic heterocycles. The van der Waals surface area contributed by atoms with Gasteiger partial charge in [-0.15, -0.1) is 0 Å². The minimum absolute atomic E-state index is 0.200. The zero-order valence-electron chi connectivity index (χ0n) is 10.6. The Hall–Kier alpha value is -0.850. The van der Waals surface area contributed by atoms with Gasteiger partial charge in [0.05, 0.1) is 6.04 Å². The molecule has 0 aliphatic rings. The van der Waals surface area contributed by atoms with Gasteiger partial charge in [0.25, 0.3) is 0 Å². The summed E-state index contributed by atoms with van der Waals surface area (Å²) in [6.45, 7) is 5.56. The summed E-state index contributed by atoms with van der Waals surface area (Å²) < 4.78 is 15.1. The zero-order chi connectivity index (χ0) is 12.8. The molecule has 0 heterocycles. The molecule has 0 spiro atoms. The molecule has 0 fully saturated rings. The van der Waals surface area contributed by atoms with Crippen LogP contribution >= 0.6 is 0 Å². The maximum absolute atomic E-state index is 11.5. The molecule has 0 aromatic carbocycles. The fourth-order valence-corrected chi connectivity index (χ4v) is 1.12. The molecule has 0 radical (unpaired) electrons. The van der Waals surface area contributed by atoms with E-state index in [0.717, 1.165) is 0 Å². The van der Waals surface area contributed by atoms with Crippen molar-refractivity contribution in [1.29, 1.82) is 0 Å². The van der Waals surface area contributed by atoms with Crippen LogP contribution in [0.5, 0.6) is 0 Å². The van der Waals surface area contributed by atoms with Crippen LogP contribution < -0.4 is 11.1 Å². The first-order valence-corrected chi connectivity index (χ1v) is 5.09. The third-order valence-corrected chi connectivity index (χ3v) is 1.75. The van der Waals surface area contributed by atoms with Crippen molar-refractivity contribution >= 4 is 6.09 Å². The van der Waals surface area contributed by atoms with Crippen LogP contribution in [0.1, 0.15) is 20.8 Å². The molecule has 0 saturated carbocycles. The van der Waals surface area contributed by atoms with Gasteiger partial charge in [-0.25, -0.2) is 4.79 Å². The van der Waals surface area contributed by atoms with Gasteiger partial charge < -0.3 is 25.3 Å². The van der Waals surface area contributed by atoms with Crippen LogP contribution in [0.3, 0.4) is 0 Å². The van der Waals surface area contributed by atoms with Gasteiger partial charge in [0, 0.05) is 20.8 Å². The van der Waals surface area contributed by atoms with E-state index in [2.05, 4.69) is 5.32 Å². The molecule has 0 bridgehead atoms. The van der Waals surface area contributed by atoms with E-state index in [0.29, 0.717) is 0 Å². The molecule has 1 atom stereocenters. The maximum Gasteiger partial charge on any atom is 0.408 e. The number of alkyl carbamates (subject to hydrolysis) is 1. The summed E-state index contributed by atoms with van der Waals surface area (Å²) in [5.41, 5.74) is 4.96. The molecule has 0 rings (SSSR count). The summed E-state index contributed by atoms with van der Waals surface area (Å²) in [7, 11) is 2.96. The fraction of sp³-hybridized carbons (Fsp3) is 0.900. The molecule has 1 unspecified atom stereocenters. The Morgan fingerprint density at radius 1 is 1.31 bits per heavy atom. The van der Waals surface area contributed by atoms with E-state index in [1.54, 1.807) is 20.8 Å². The lowest BCUT2D eigenvalue weighted by molar-refractivity contribution is -0.120. The lowest BCUT2D eigenvalue weighted by Gasteiger charge is -2.26. The summed E-state index contributed by atoms with van der Waals surface area (Å²) in [4.78, 5) is 11.5. The average molecular weight is 234 g/mol. The van der Waals surface area contributed by atoms with Crippen molar-refractivity contribution in [2.45, 2.75) is 38.7 Å². The molecule has 0 saturated heterocycles. The van der Waals surface area contributed by atoms with E-state index < -0.39 is 24.0 Å². The predicted molar refractivity (Wildman–Crippen MR) is 60.0 cm³/mol. The van der Waals surface area contributed by atoms with Gasteiger partial charge >= 0.3 is 6.09 Å². The van der Waals surface area contributed by atoms with Gasteiger partial charge in [0.1, 0.15) is 5.60 Å². The van der Waals surface area contributed by atoms with Crippen molar-refractivity contribution in [2.75, 3.05) is 20.8 Å². The van der Waals surface area contributed by atoms with Crippen molar-refractivity contribution in [3.8, 4) is 0 Å². The van der Waals surface area contributed by atoms with Crippen molar-refractivity contribution in [1.82, 2.24) is 5.32 Å². The van der Waals surface area contributed by atoms with Crippen LogP contribution in [0.25, 0.3) is 0 Å². The van der Waals surface area contributed by atoms with E-state index in [1.165, 1.54) is 14.2 Å². The van der Waals surface area contributed by atoms with Crippen molar-refractivity contribution < 1.29 is 19.0 Å². The van der Waals surface area contributed by atoms with E-state index >= 15 is 0 Å². The van der Waals surface area contributed by atoms with Crippen LogP contribution in [0, 0.1) is 0 Å². The number of nitrogens with two attached hydrogens (primary N) is 1. The second kappa shape index (κ2) is 6.67. The van der Waals surface area contributed by atoms with Crippen LogP contribution in [0.2, 0.25) is 0 Å². The van der Waals surface area contributed by atoms with Crippen LogP contribution in [0.4, 0.5) is 4.79 Å². The first-order chi connectivity index (χ1) is 7.34. The van der Waals surface area contributed by atoms with E-state index in [1.807, 2.05) is 0 Å². The Bertz CT molecular complexity index is 211. The van der Waals surface area contributed by atoms with Gasteiger partial charge in [0.2, 0.25) is 0 Å².